The predicted octanol–water partition coefficient (Wildman–Crippen LogP) is 5.47. The van der Waals surface area contributed by atoms with Gasteiger partial charge in [0, 0.05) is 17.1 Å². The highest BCUT2D eigenvalue weighted by molar-refractivity contribution is 6.04. The Morgan fingerprint density at radius 3 is 2.11 bits per heavy atom. The molecule has 1 heterocycles. The fourth-order valence-electron chi connectivity index (χ4n) is 2.81. The Bertz CT molecular complexity index is 1020. The van der Waals surface area contributed by atoms with Crippen molar-refractivity contribution < 1.29 is 41.0 Å². The average Bonchev–Trinajstić information content (AvgIpc) is 2.90. The van der Waals surface area contributed by atoms with Crippen LogP contribution in [0.1, 0.15) is 10.4 Å². The molecule has 28 heavy (non-hydrogen) atoms. The zero-order chi connectivity index (χ0) is 20.7. The number of rotatable bonds is 4. The second kappa shape index (κ2) is 6.77. The maximum Gasteiger partial charge on any atom is 0.573 e. The van der Waals surface area contributed by atoms with Crippen molar-refractivity contribution in [2.24, 2.45) is 0 Å². The molecular formula is C18H11F6NO3. The van der Waals surface area contributed by atoms with E-state index in [-0.39, 0.29) is 16.5 Å². The second-order valence-electron chi connectivity index (χ2n) is 5.90. The molecule has 4 nitrogen and oxygen atoms in total. The summed E-state index contributed by atoms with van der Waals surface area (Å²) in [6.45, 7) is -1.38. The molecule has 0 bridgehead atoms. The van der Waals surface area contributed by atoms with Gasteiger partial charge >= 0.3 is 18.5 Å². The van der Waals surface area contributed by atoms with E-state index in [2.05, 4.69) is 4.74 Å². The third-order valence-corrected chi connectivity index (χ3v) is 3.88. The summed E-state index contributed by atoms with van der Waals surface area (Å²) in [5.41, 5.74) is 0.597. The van der Waals surface area contributed by atoms with Crippen molar-refractivity contribution in [1.82, 2.24) is 4.57 Å². The van der Waals surface area contributed by atoms with Crippen molar-refractivity contribution in [2.75, 3.05) is 0 Å². The number of hydrogen-bond acceptors (Lipinski definition) is 2. The van der Waals surface area contributed by atoms with E-state index in [1.807, 2.05) is 0 Å². The number of nitrogens with zero attached hydrogens (tertiary/aromatic N) is 1. The first-order chi connectivity index (χ1) is 12.9. The van der Waals surface area contributed by atoms with Crippen LogP contribution in [0.25, 0.3) is 22.0 Å². The zero-order valence-electron chi connectivity index (χ0n) is 13.8. The SMILES string of the molecule is O=C(O)c1cn(CC(F)(F)F)c2cc(-c3ccc(OC(F)(F)F)cc3)ccc12. The molecule has 148 valence electrons. The molecule has 0 aliphatic heterocycles. The van der Waals surface area contributed by atoms with Crippen LogP contribution in [0.4, 0.5) is 26.3 Å². The van der Waals surface area contributed by atoms with Crippen LogP contribution in [0.3, 0.4) is 0 Å². The van der Waals surface area contributed by atoms with Gasteiger partial charge in [-0.15, -0.1) is 13.2 Å². The molecule has 0 aliphatic rings. The van der Waals surface area contributed by atoms with Crippen LogP contribution < -0.4 is 4.74 Å². The molecule has 0 atom stereocenters. The van der Waals surface area contributed by atoms with Gasteiger partial charge in [-0.25, -0.2) is 4.79 Å². The standard InChI is InChI=1S/C18H11F6NO3/c19-17(20,21)9-25-8-14(16(26)27)13-6-3-11(7-15(13)25)10-1-4-12(5-2-10)28-18(22,23)24/h1-8H,9H2,(H,26,27). The minimum Gasteiger partial charge on any atom is -0.478 e. The molecule has 3 aromatic rings. The monoisotopic (exact) mass is 403 g/mol. The molecule has 0 saturated heterocycles. The molecule has 1 N–H and O–H groups in total. The van der Waals surface area contributed by atoms with E-state index in [1.54, 1.807) is 0 Å². The number of halogens is 6. The number of carboxylic acid groups (broad SMARTS) is 1. The van der Waals surface area contributed by atoms with Gasteiger partial charge in [0.15, 0.2) is 0 Å². The lowest BCUT2D eigenvalue weighted by Crippen LogP contribution is -2.17. The molecule has 0 fully saturated rings. The van der Waals surface area contributed by atoms with Gasteiger partial charge < -0.3 is 14.4 Å². The summed E-state index contributed by atoms with van der Waals surface area (Å²) in [7, 11) is 0. The van der Waals surface area contributed by atoms with E-state index in [0.717, 1.165) is 22.9 Å². The van der Waals surface area contributed by atoms with Crippen molar-refractivity contribution in [2.45, 2.75) is 19.1 Å². The highest BCUT2D eigenvalue weighted by Gasteiger charge is 2.31. The van der Waals surface area contributed by atoms with Crippen LogP contribution in [0, 0.1) is 0 Å². The Morgan fingerprint density at radius 2 is 1.57 bits per heavy atom. The van der Waals surface area contributed by atoms with E-state index in [0.29, 0.717) is 11.1 Å². The number of aromatic carboxylic acids is 1. The summed E-state index contributed by atoms with van der Waals surface area (Å²) in [5.74, 6) is -1.81. The fourth-order valence-corrected chi connectivity index (χ4v) is 2.81. The highest BCUT2D eigenvalue weighted by atomic mass is 19.4. The van der Waals surface area contributed by atoms with E-state index < -0.39 is 30.8 Å². The molecule has 0 amide bonds. The van der Waals surface area contributed by atoms with Gasteiger partial charge in [-0.1, -0.05) is 24.3 Å². The molecule has 0 unspecified atom stereocenters. The van der Waals surface area contributed by atoms with Gasteiger partial charge in [-0.2, -0.15) is 13.2 Å². The number of alkyl halides is 6. The van der Waals surface area contributed by atoms with E-state index >= 15 is 0 Å². The lowest BCUT2D eigenvalue weighted by atomic mass is 10.0. The van der Waals surface area contributed by atoms with E-state index in [4.69, 9.17) is 0 Å². The highest BCUT2D eigenvalue weighted by Crippen LogP contribution is 2.31. The molecular weight excluding hydrogens is 392 g/mol. The quantitative estimate of drug-likeness (QED) is 0.588. The minimum absolute atomic E-state index is 0.0443. The van der Waals surface area contributed by atoms with Crippen LogP contribution in [0.2, 0.25) is 0 Å². The number of hydrogen-bond donors (Lipinski definition) is 1. The number of aromatic nitrogens is 1. The maximum absolute atomic E-state index is 12.8. The molecule has 0 radical (unpaired) electrons. The Morgan fingerprint density at radius 1 is 0.964 bits per heavy atom. The number of ether oxygens (including phenoxy) is 1. The second-order valence-corrected chi connectivity index (χ2v) is 5.90. The largest absolute Gasteiger partial charge is 0.573 e. The molecule has 3 rings (SSSR count). The van der Waals surface area contributed by atoms with Gasteiger partial charge in [-0.3, -0.25) is 0 Å². The van der Waals surface area contributed by atoms with Gasteiger partial charge in [0.05, 0.1) is 5.56 Å². The average molecular weight is 403 g/mol. The Balaban J connectivity index is 2.03. The van der Waals surface area contributed by atoms with Crippen LogP contribution in [0.15, 0.2) is 48.7 Å². The molecule has 0 spiro atoms. The molecule has 10 heteroatoms. The summed E-state index contributed by atoms with van der Waals surface area (Å²) in [6.07, 6.45) is -8.50. The van der Waals surface area contributed by atoms with E-state index in [1.165, 1.54) is 30.3 Å². The third-order valence-electron chi connectivity index (χ3n) is 3.88. The maximum atomic E-state index is 12.8. The van der Waals surface area contributed by atoms with E-state index in [9.17, 15) is 36.2 Å². The summed E-state index contributed by atoms with van der Waals surface area (Å²) in [6, 6.07) is 8.98. The normalized spacial score (nSPS) is 12.4. The lowest BCUT2D eigenvalue weighted by molar-refractivity contribution is -0.274. The third kappa shape index (κ3) is 4.38. The first-order valence-corrected chi connectivity index (χ1v) is 7.72. The van der Waals surface area contributed by atoms with Crippen molar-refractivity contribution in [3.8, 4) is 16.9 Å². The number of carbonyl (C=O) groups is 1. The predicted molar refractivity (Wildman–Crippen MR) is 87.1 cm³/mol. The summed E-state index contributed by atoms with van der Waals surface area (Å²) in [5, 5.41) is 9.33. The van der Waals surface area contributed by atoms with Gasteiger partial charge in [0.25, 0.3) is 0 Å². The van der Waals surface area contributed by atoms with Crippen molar-refractivity contribution >= 4 is 16.9 Å². The van der Waals surface area contributed by atoms with Gasteiger partial charge in [-0.05, 0) is 29.3 Å². The molecule has 0 aliphatic carbocycles. The summed E-state index contributed by atoms with van der Waals surface area (Å²) in [4.78, 5) is 11.3. The van der Waals surface area contributed by atoms with Gasteiger partial charge in [0.2, 0.25) is 0 Å². The van der Waals surface area contributed by atoms with Crippen LogP contribution in [0.5, 0.6) is 5.75 Å². The fraction of sp³-hybridized carbons (Fsp3) is 0.167. The first kappa shape index (κ1) is 19.6. The molecule has 1 aromatic heterocycles. The van der Waals surface area contributed by atoms with Crippen LogP contribution in [-0.2, 0) is 6.54 Å². The topological polar surface area (TPSA) is 51.5 Å². The first-order valence-electron chi connectivity index (χ1n) is 7.72. The number of carboxylic acids is 1. The van der Waals surface area contributed by atoms with Crippen LogP contribution in [-0.4, -0.2) is 28.2 Å². The molecule has 0 saturated carbocycles. The Hall–Kier alpha value is -3.17. The van der Waals surface area contributed by atoms with Gasteiger partial charge in [0.1, 0.15) is 12.3 Å². The Kier molecular flexibility index (Phi) is 4.74. The zero-order valence-corrected chi connectivity index (χ0v) is 13.8. The van der Waals surface area contributed by atoms with Crippen molar-refractivity contribution in [3.63, 3.8) is 0 Å². The lowest BCUT2D eigenvalue weighted by Gasteiger charge is -2.11. The minimum atomic E-state index is -4.84. The Labute approximate surface area is 153 Å². The molecule has 2 aromatic carbocycles. The summed E-state index contributed by atoms with van der Waals surface area (Å²) < 4.78 is 79.6. The smallest absolute Gasteiger partial charge is 0.478 e. The number of fused-ring (bicyclic) bond motifs is 1. The van der Waals surface area contributed by atoms with Crippen LogP contribution >= 0.6 is 0 Å². The number of benzene rings is 2. The van der Waals surface area contributed by atoms with Crippen molar-refractivity contribution in [3.05, 3.63) is 54.2 Å². The summed E-state index contributed by atoms with van der Waals surface area (Å²) >= 11 is 0. The van der Waals surface area contributed by atoms with Crippen molar-refractivity contribution in [1.29, 1.82) is 0 Å².